The van der Waals surface area contributed by atoms with Crippen molar-refractivity contribution >= 4 is 80.3 Å². The quantitative estimate of drug-likeness (QED) is 0.155. The SMILES string of the molecule is c1ccc(-c2ccc3c(c2)N(c2ccccc2)c2cc(-c4ccccc4)cc4c2B3c2cc3c(cc2O4)Oc2cc(-c4ccccc4)cc4c2B3c2ccc(-c3ccccc3)cc2N4c2ccccc2)cc1. The molecule has 4 aliphatic heterocycles. The van der Waals surface area contributed by atoms with Crippen LogP contribution < -0.4 is 52.1 Å². The third-order valence-electron chi connectivity index (χ3n) is 15.1. The summed E-state index contributed by atoms with van der Waals surface area (Å²) in [6.07, 6.45) is 0. The Kier molecular flexibility index (Phi) is 9.12. The van der Waals surface area contributed by atoms with Gasteiger partial charge in [-0.3, -0.25) is 0 Å². The van der Waals surface area contributed by atoms with E-state index in [4.69, 9.17) is 9.47 Å². The molecule has 4 heterocycles. The van der Waals surface area contributed by atoms with E-state index in [1.807, 2.05) is 0 Å². The first-order valence-electron chi connectivity index (χ1n) is 24.8. The Morgan fingerprint density at radius 3 is 0.944 bits per heavy atom. The van der Waals surface area contributed by atoms with Crippen LogP contribution in [0.1, 0.15) is 0 Å². The van der Waals surface area contributed by atoms with Gasteiger partial charge in [-0.25, -0.2) is 0 Å². The van der Waals surface area contributed by atoms with E-state index in [2.05, 4.69) is 265 Å². The molecule has 0 saturated heterocycles. The predicted molar refractivity (Wildman–Crippen MR) is 300 cm³/mol. The number of hydrogen-bond donors (Lipinski definition) is 0. The lowest BCUT2D eigenvalue weighted by Crippen LogP contribution is -2.63. The van der Waals surface area contributed by atoms with Gasteiger partial charge in [0.2, 0.25) is 0 Å². The van der Waals surface area contributed by atoms with Gasteiger partial charge >= 0.3 is 0 Å². The molecule has 4 aliphatic rings. The number of benzene rings is 11. The van der Waals surface area contributed by atoms with Crippen LogP contribution in [0.25, 0.3) is 44.5 Å². The molecule has 0 fully saturated rings. The van der Waals surface area contributed by atoms with Crippen LogP contribution in [-0.2, 0) is 0 Å². The smallest absolute Gasteiger partial charge is 0.256 e. The molecule has 6 heteroatoms. The van der Waals surface area contributed by atoms with Crippen LogP contribution in [0.5, 0.6) is 23.0 Å². The lowest BCUT2D eigenvalue weighted by atomic mass is 9.31. The predicted octanol–water partition coefficient (Wildman–Crippen LogP) is 13.2. The van der Waals surface area contributed by atoms with Crippen molar-refractivity contribution in [1.29, 1.82) is 0 Å². The lowest BCUT2D eigenvalue weighted by Gasteiger charge is -2.42. The number of anilines is 6. The number of fused-ring (bicyclic) bond motifs is 8. The Hall–Kier alpha value is -9.25. The van der Waals surface area contributed by atoms with Gasteiger partial charge in [0.25, 0.3) is 13.4 Å². The van der Waals surface area contributed by atoms with Crippen molar-refractivity contribution in [3.8, 4) is 67.5 Å². The molecule has 0 bridgehead atoms. The highest BCUT2D eigenvalue weighted by Gasteiger charge is 2.47. The first-order valence-corrected chi connectivity index (χ1v) is 24.8. The molecule has 4 nitrogen and oxygen atoms in total. The highest BCUT2D eigenvalue weighted by molar-refractivity contribution is 7.02. The second-order valence-corrected chi connectivity index (χ2v) is 19.2. The van der Waals surface area contributed by atoms with Crippen molar-refractivity contribution in [3.63, 3.8) is 0 Å². The number of ether oxygens (including phenoxy) is 2. The second kappa shape index (κ2) is 16.2. The summed E-state index contributed by atoms with van der Waals surface area (Å²) in [7, 11) is 0. The standard InChI is InChI=1S/C66H42B2N2O2/c1-7-19-43(20-8-1)47-31-33-53-57(35-47)69(51-27-15-5-16-28-51)59-37-49(45-23-11-3-12-24-45)39-63-65(59)67(53)55-41-56-62(42-61(55)71-63)72-64-40-50(46-25-13-4-14-26-46)38-60-66(64)68(56)54-34-32-48(44-21-9-2-10-22-44)36-58(54)70(60)52-29-17-6-18-30-52/h1-42H. The van der Waals surface area contributed by atoms with E-state index < -0.39 is 0 Å². The Balaban J connectivity index is 0.991. The maximum Gasteiger partial charge on any atom is 0.256 e. The first-order chi connectivity index (χ1) is 35.7. The number of hydrogen-bond acceptors (Lipinski definition) is 4. The molecule has 0 unspecified atom stereocenters. The zero-order valence-corrected chi connectivity index (χ0v) is 39.1. The summed E-state index contributed by atoms with van der Waals surface area (Å²) >= 11 is 0. The largest absolute Gasteiger partial charge is 0.458 e. The van der Waals surface area contributed by atoms with E-state index in [9.17, 15) is 0 Å². The monoisotopic (exact) mass is 916 g/mol. The average Bonchev–Trinajstić information content (AvgIpc) is 3.45. The molecule has 0 atom stereocenters. The summed E-state index contributed by atoms with van der Waals surface area (Å²) in [5, 5.41) is 0. The van der Waals surface area contributed by atoms with Crippen LogP contribution in [0, 0.1) is 0 Å². The Bertz CT molecular complexity index is 3680. The fourth-order valence-corrected chi connectivity index (χ4v) is 11.9. The summed E-state index contributed by atoms with van der Waals surface area (Å²) in [5.74, 6) is 3.31. The van der Waals surface area contributed by atoms with Crippen LogP contribution in [0.15, 0.2) is 255 Å². The number of rotatable bonds is 6. The van der Waals surface area contributed by atoms with Gasteiger partial charge in [0.1, 0.15) is 23.0 Å². The van der Waals surface area contributed by atoms with Crippen LogP contribution >= 0.6 is 0 Å². The topological polar surface area (TPSA) is 24.9 Å². The van der Waals surface area contributed by atoms with Gasteiger partial charge < -0.3 is 19.3 Å². The zero-order chi connectivity index (χ0) is 47.3. The highest BCUT2D eigenvalue weighted by Crippen LogP contribution is 2.47. The van der Waals surface area contributed by atoms with E-state index in [-0.39, 0.29) is 13.4 Å². The molecule has 0 N–H and O–H groups in total. The summed E-state index contributed by atoms with van der Waals surface area (Å²) in [6, 6.07) is 92.2. The lowest BCUT2D eigenvalue weighted by molar-refractivity contribution is 0.466. The van der Waals surface area contributed by atoms with Gasteiger partial charge in [-0.05, 0) is 138 Å². The van der Waals surface area contributed by atoms with Crippen molar-refractivity contribution in [1.82, 2.24) is 0 Å². The van der Waals surface area contributed by atoms with Crippen molar-refractivity contribution in [3.05, 3.63) is 255 Å². The normalized spacial score (nSPS) is 13.1. The molecule has 0 amide bonds. The van der Waals surface area contributed by atoms with Crippen LogP contribution in [0.3, 0.4) is 0 Å². The molecule has 0 aliphatic carbocycles. The molecule has 334 valence electrons. The molecule has 11 aromatic carbocycles. The van der Waals surface area contributed by atoms with Crippen molar-refractivity contribution in [2.75, 3.05) is 9.80 Å². The molecule has 0 radical (unpaired) electrons. The second-order valence-electron chi connectivity index (χ2n) is 19.2. The van der Waals surface area contributed by atoms with Gasteiger partial charge in [0, 0.05) is 40.2 Å². The van der Waals surface area contributed by atoms with E-state index in [1.165, 1.54) is 33.2 Å². The summed E-state index contributed by atoms with van der Waals surface area (Å²) in [4.78, 5) is 4.90. The highest BCUT2D eigenvalue weighted by atomic mass is 16.5. The average molecular weight is 917 g/mol. The van der Waals surface area contributed by atoms with Gasteiger partial charge in [0.05, 0.1) is 0 Å². The molecule has 0 saturated carbocycles. The molecule has 11 aromatic rings. The van der Waals surface area contributed by atoms with Crippen molar-refractivity contribution < 1.29 is 9.47 Å². The summed E-state index contributed by atoms with van der Waals surface area (Å²) in [6.45, 7) is -0.279. The Morgan fingerprint density at radius 1 is 0.236 bits per heavy atom. The summed E-state index contributed by atoms with van der Waals surface area (Å²) in [5.41, 5.74) is 22.8. The van der Waals surface area contributed by atoms with Gasteiger partial charge in [-0.15, -0.1) is 0 Å². The Morgan fingerprint density at radius 2 is 0.569 bits per heavy atom. The fourth-order valence-electron chi connectivity index (χ4n) is 11.9. The van der Waals surface area contributed by atoms with Gasteiger partial charge in [-0.1, -0.05) is 188 Å². The summed E-state index contributed by atoms with van der Waals surface area (Å²) < 4.78 is 14.7. The van der Waals surface area contributed by atoms with Crippen LogP contribution in [0.4, 0.5) is 34.1 Å². The zero-order valence-electron chi connectivity index (χ0n) is 39.1. The molecule has 15 rings (SSSR count). The maximum atomic E-state index is 7.33. The molecular weight excluding hydrogens is 874 g/mol. The van der Waals surface area contributed by atoms with Crippen molar-refractivity contribution in [2.24, 2.45) is 0 Å². The minimum atomic E-state index is -0.140. The van der Waals surface area contributed by atoms with E-state index >= 15 is 0 Å². The van der Waals surface area contributed by atoms with Gasteiger partial charge in [-0.2, -0.15) is 0 Å². The molecule has 0 spiro atoms. The third kappa shape index (κ3) is 6.35. The fraction of sp³-hybridized carbons (Fsp3) is 0. The van der Waals surface area contributed by atoms with Crippen LogP contribution in [0.2, 0.25) is 0 Å². The Labute approximate surface area is 419 Å². The molecular formula is C66H42B2N2O2. The number of para-hydroxylation sites is 2. The third-order valence-corrected chi connectivity index (χ3v) is 15.1. The maximum absolute atomic E-state index is 7.33. The van der Waals surface area contributed by atoms with Crippen molar-refractivity contribution in [2.45, 2.75) is 0 Å². The minimum absolute atomic E-state index is 0.140. The number of nitrogens with zero attached hydrogens (tertiary/aromatic N) is 2. The first kappa shape index (κ1) is 40.6. The van der Waals surface area contributed by atoms with E-state index in [0.29, 0.717) is 0 Å². The van der Waals surface area contributed by atoms with Crippen LogP contribution in [-0.4, -0.2) is 13.4 Å². The van der Waals surface area contributed by atoms with E-state index in [0.717, 1.165) is 101 Å². The van der Waals surface area contributed by atoms with E-state index in [1.54, 1.807) is 0 Å². The molecule has 0 aromatic heterocycles. The molecule has 72 heavy (non-hydrogen) atoms. The van der Waals surface area contributed by atoms with Gasteiger partial charge in [0.15, 0.2) is 0 Å². The minimum Gasteiger partial charge on any atom is -0.458 e.